The first-order valence-electron chi connectivity index (χ1n) is 32.8. The van der Waals surface area contributed by atoms with Gasteiger partial charge < -0.3 is 19.9 Å². The molecule has 0 aliphatic carbocycles. The maximum atomic E-state index is 14.8. The molecule has 4 aromatic heterocycles. The van der Waals surface area contributed by atoms with E-state index in [0.717, 1.165) is 65.5 Å². The van der Waals surface area contributed by atoms with Crippen molar-refractivity contribution in [1.29, 1.82) is 0 Å². The molecule has 0 fully saturated rings. The standard InChI is InChI=1S/C79H85N9O5S.2Zn/c1-78(2)72(35-9-6-5-7-10-36-73-79(3,4)76-69-34-15-13-28-61(69)39-41-71(76)88(73)49-25-26-50-94(91,92)93)87(70-40-38-60-27-12-14-33-68(60)75(70)78)48-24-8-11-37-74(89)84-47-42-59-51-62(53-85(55-64-29-16-20-43-80-64)56-65-30-17-21-44-81-65)77(90)63(52-59)54-86(57-66-31-18-22-45-82-66)58-67-32-19-23-46-83-67;;/h5-7,9-10,12-23,27-36,38-41,43-46,51-52H,8,11,24-26,37,42,47-50,53-58H2,1-4H3,(H2-,84,89,90,91,92,93);;/q;2*+2/p-1. The number of fused-ring (bicyclic) bond motifs is 6. The van der Waals surface area contributed by atoms with Crippen LogP contribution in [0, 0.1) is 0 Å². The first-order chi connectivity index (χ1) is 45.6. The maximum absolute atomic E-state index is 14.8. The Morgan fingerprint density at radius 3 is 1.62 bits per heavy atom. The van der Waals surface area contributed by atoms with Crippen molar-refractivity contribution in [3.63, 3.8) is 0 Å². The van der Waals surface area contributed by atoms with Gasteiger partial charge in [0.05, 0.1) is 38.3 Å². The van der Waals surface area contributed by atoms with Crippen LogP contribution in [0.1, 0.15) is 117 Å². The summed E-state index contributed by atoms with van der Waals surface area (Å²) in [6, 6.07) is 53.4. The summed E-state index contributed by atoms with van der Waals surface area (Å²) in [7, 11) is -4.29. The first-order valence-corrected chi connectivity index (χ1v) is 34.4. The predicted molar refractivity (Wildman–Crippen MR) is 374 cm³/mol. The Balaban J connectivity index is 0.00000541. The van der Waals surface area contributed by atoms with E-state index in [2.05, 4.69) is 181 Å². The third-order valence-corrected chi connectivity index (χ3v) is 18.8. The number of benzene rings is 5. The molecular weight excluding hydrogens is 1320 g/mol. The summed E-state index contributed by atoms with van der Waals surface area (Å²) < 4.78 is 36.9. The quantitative estimate of drug-likeness (QED) is 0.0149. The van der Waals surface area contributed by atoms with Gasteiger partial charge in [-0.3, -0.25) is 34.5 Å². The molecule has 0 spiro atoms. The molecule has 9 aromatic rings. The number of pyridine rings is 4. The summed E-state index contributed by atoms with van der Waals surface area (Å²) in [5.41, 5.74) is 12.5. The van der Waals surface area contributed by atoms with Crippen LogP contribution in [-0.2, 0) is 110 Å². The smallest absolute Gasteiger partial charge is 0.872 e. The third kappa shape index (κ3) is 18.4. The molecule has 5 aromatic carbocycles. The molecule has 482 valence electrons. The third-order valence-electron chi connectivity index (χ3n) is 18.0. The number of nitrogens with one attached hydrogen (secondary N) is 1. The van der Waals surface area contributed by atoms with Crippen molar-refractivity contribution in [2.75, 3.05) is 30.3 Å². The van der Waals surface area contributed by atoms with E-state index < -0.39 is 10.1 Å². The molecule has 2 aliphatic heterocycles. The minimum absolute atomic E-state index is 0. The molecular formula is C79H84N9O5SZn2+3. The Kier molecular flexibility index (Phi) is 25.4. The average Bonchev–Trinajstić information content (AvgIpc) is 1.58. The molecule has 11 rings (SSSR count). The van der Waals surface area contributed by atoms with E-state index in [9.17, 15) is 22.9 Å². The molecule has 14 nitrogen and oxygen atoms in total. The Morgan fingerprint density at radius 2 is 1.08 bits per heavy atom. The van der Waals surface area contributed by atoms with Crippen molar-refractivity contribution in [3.05, 3.63) is 281 Å². The molecule has 96 heavy (non-hydrogen) atoms. The number of anilines is 1. The van der Waals surface area contributed by atoms with Crippen LogP contribution in [0.4, 0.5) is 11.4 Å². The van der Waals surface area contributed by atoms with Gasteiger partial charge in [-0.05, 0) is 156 Å². The normalized spacial score (nSPS) is 14.6. The fourth-order valence-corrected chi connectivity index (χ4v) is 14.2. The molecule has 0 saturated heterocycles. The van der Waals surface area contributed by atoms with Crippen molar-refractivity contribution < 1.29 is 66.4 Å². The summed E-state index contributed by atoms with van der Waals surface area (Å²) in [4.78, 5) is 38.9. The summed E-state index contributed by atoms with van der Waals surface area (Å²) in [6.07, 6.45) is 26.3. The van der Waals surface area contributed by atoms with Gasteiger partial charge in [-0.25, -0.2) is 8.42 Å². The minimum Gasteiger partial charge on any atom is -0.872 e. The van der Waals surface area contributed by atoms with Crippen LogP contribution in [0.2, 0.25) is 0 Å². The average molecular weight is 1400 g/mol. The van der Waals surface area contributed by atoms with E-state index in [-0.39, 0.29) is 67.2 Å². The number of aromatic nitrogens is 4. The number of hydrogen-bond donors (Lipinski definition) is 1. The number of carbonyl (C=O) groups is 1. The summed E-state index contributed by atoms with van der Waals surface area (Å²) >= 11 is 0. The van der Waals surface area contributed by atoms with Crippen LogP contribution >= 0.6 is 0 Å². The second-order valence-corrected chi connectivity index (χ2v) is 27.2. The SMILES string of the molecule is CC1(C)C(/C=C/C=C/C=C/C=C2\N(CCCCS(=O)(=O)[O-])c3ccc4ccccc4c3C2(C)C)=[N+](CCCCCC(=O)NCCc2cc(CN(Cc3ccccn3)Cc3ccccn3)c([O-])c(CN(Cc3ccccn3)Cc3ccccn3)c2)c2ccc3ccccc3c21.[Zn+2].[Zn+2]. The zero-order chi connectivity index (χ0) is 65.5. The van der Waals surface area contributed by atoms with Gasteiger partial charge in [0, 0.05) is 130 Å². The molecule has 0 radical (unpaired) electrons. The monoisotopic (exact) mass is 1400 g/mol. The Hall–Kier alpha value is -8.00. The first kappa shape index (κ1) is 72.3. The van der Waals surface area contributed by atoms with Crippen LogP contribution in [0.15, 0.2) is 231 Å². The summed E-state index contributed by atoms with van der Waals surface area (Å²) in [6.45, 7) is 13.8. The Labute approximate surface area is 592 Å². The van der Waals surface area contributed by atoms with E-state index >= 15 is 0 Å². The zero-order valence-electron chi connectivity index (χ0n) is 55.8. The van der Waals surface area contributed by atoms with Crippen LogP contribution < -0.4 is 15.3 Å². The molecule has 0 saturated carbocycles. The van der Waals surface area contributed by atoms with Gasteiger partial charge in [-0.1, -0.05) is 141 Å². The van der Waals surface area contributed by atoms with Crippen molar-refractivity contribution in [2.24, 2.45) is 0 Å². The number of unbranched alkanes of at least 4 members (excludes halogenated alkanes) is 3. The molecule has 0 bridgehead atoms. The summed E-state index contributed by atoms with van der Waals surface area (Å²) in [5.74, 6) is -0.370. The molecule has 1 amide bonds. The zero-order valence-corrected chi connectivity index (χ0v) is 62.6. The largest absolute Gasteiger partial charge is 2.00 e. The van der Waals surface area contributed by atoms with Crippen molar-refractivity contribution in [2.45, 2.75) is 123 Å². The number of amides is 1. The van der Waals surface area contributed by atoms with Gasteiger partial charge in [0.1, 0.15) is 6.54 Å². The number of rotatable bonds is 30. The molecule has 0 atom stereocenters. The van der Waals surface area contributed by atoms with Crippen molar-refractivity contribution in [3.8, 4) is 5.75 Å². The van der Waals surface area contributed by atoms with Crippen molar-refractivity contribution >= 4 is 54.7 Å². The van der Waals surface area contributed by atoms with Gasteiger partial charge >= 0.3 is 39.0 Å². The van der Waals surface area contributed by atoms with Crippen LogP contribution in [-0.4, -0.2) is 84.3 Å². The maximum Gasteiger partial charge on any atom is 2.00 e. The van der Waals surface area contributed by atoms with Gasteiger partial charge in [0.15, 0.2) is 5.71 Å². The predicted octanol–water partition coefficient (Wildman–Crippen LogP) is 14.0. The second kappa shape index (κ2) is 33.8. The number of nitrogens with zero attached hydrogens (tertiary/aromatic N) is 8. The molecule has 1 N–H and O–H groups in total. The van der Waals surface area contributed by atoms with Crippen LogP contribution in [0.25, 0.3) is 21.5 Å². The number of allylic oxidation sites excluding steroid dienone is 8. The van der Waals surface area contributed by atoms with Gasteiger partial charge in [0.25, 0.3) is 0 Å². The summed E-state index contributed by atoms with van der Waals surface area (Å²) in [5, 5.41) is 22.9. The fraction of sp³-hybridized carbons (Fsp3) is 0.291. The Bertz CT molecular complexity index is 4180. The fourth-order valence-electron chi connectivity index (χ4n) is 13.7. The van der Waals surface area contributed by atoms with E-state index in [0.29, 0.717) is 89.2 Å². The van der Waals surface area contributed by atoms with Gasteiger partial charge in [-0.15, -0.1) is 0 Å². The molecule has 0 unspecified atom stereocenters. The van der Waals surface area contributed by atoms with Gasteiger partial charge in [0.2, 0.25) is 11.6 Å². The van der Waals surface area contributed by atoms with E-state index in [1.807, 2.05) is 91.0 Å². The molecule has 6 heterocycles. The molecule has 2 aliphatic rings. The van der Waals surface area contributed by atoms with E-state index in [1.54, 1.807) is 24.8 Å². The van der Waals surface area contributed by atoms with Crippen LogP contribution in [0.3, 0.4) is 0 Å². The van der Waals surface area contributed by atoms with Crippen molar-refractivity contribution in [1.82, 2.24) is 35.1 Å². The van der Waals surface area contributed by atoms with Crippen LogP contribution in [0.5, 0.6) is 5.75 Å². The molecule has 17 heteroatoms. The minimum atomic E-state index is -4.29. The Morgan fingerprint density at radius 1 is 0.573 bits per heavy atom. The topological polar surface area (TPSA) is 174 Å². The van der Waals surface area contributed by atoms with E-state index in [1.165, 1.54) is 44.1 Å². The number of carbonyl (C=O) groups excluding carboxylic acids is 1. The van der Waals surface area contributed by atoms with Gasteiger partial charge in [-0.2, -0.15) is 4.58 Å². The van der Waals surface area contributed by atoms with E-state index in [4.69, 9.17) is 0 Å². The number of hydrogen-bond acceptors (Lipinski definition) is 12. The second-order valence-electron chi connectivity index (χ2n) is 25.7.